The molecule has 21 heavy (non-hydrogen) atoms. The maximum absolute atomic E-state index is 12.4. The van der Waals surface area contributed by atoms with Gasteiger partial charge < -0.3 is 14.5 Å². The fourth-order valence-corrected chi connectivity index (χ4v) is 1.84. The zero-order valence-corrected chi connectivity index (χ0v) is 13.5. The van der Waals surface area contributed by atoms with Gasteiger partial charge in [0.25, 0.3) is 5.91 Å². The summed E-state index contributed by atoms with van der Waals surface area (Å²) in [6.07, 6.45) is 1.24. The number of carbonyl (C=O) groups excluding carboxylic acids is 2. The van der Waals surface area contributed by atoms with Crippen LogP contribution < -0.4 is 5.32 Å². The van der Waals surface area contributed by atoms with Crippen LogP contribution in [0.4, 0.5) is 0 Å². The molecule has 0 radical (unpaired) electrons. The highest BCUT2D eigenvalue weighted by Gasteiger charge is 2.40. The van der Waals surface area contributed by atoms with Crippen molar-refractivity contribution in [2.75, 3.05) is 6.61 Å². The summed E-state index contributed by atoms with van der Waals surface area (Å²) < 4.78 is 10.3. The number of hydrogen-bond acceptors (Lipinski definition) is 5. The van der Waals surface area contributed by atoms with Gasteiger partial charge in [0.15, 0.2) is 12.1 Å². The van der Waals surface area contributed by atoms with Crippen LogP contribution in [0.5, 0.6) is 0 Å². The van der Waals surface area contributed by atoms with Crippen molar-refractivity contribution in [2.45, 2.75) is 53.0 Å². The Labute approximate surface area is 125 Å². The lowest BCUT2D eigenvalue weighted by Gasteiger charge is -2.31. The Hall–Kier alpha value is -1.85. The first kappa shape index (κ1) is 17.2. The molecule has 0 bridgehead atoms. The third-order valence-electron chi connectivity index (χ3n) is 3.56. The normalized spacial score (nSPS) is 14.1. The van der Waals surface area contributed by atoms with Gasteiger partial charge in [-0.2, -0.15) is 0 Å². The van der Waals surface area contributed by atoms with E-state index in [9.17, 15) is 9.59 Å². The Morgan fingerprint density at radius 3 is 2.48 bits per heavy atom. The molecule has 0 fully saturated rings. The number of esters is 1. The van der Waals surface area contributed by atoms with E-state index < -0.39 is 17.4 Å². The molecule has 6 heteroatoms. The van der Waals surface area contributed by atoms with Gasteiger partial charge in [0.1, 0.15) is 11.3 Å². The third-order valence-corrected chi connectivity index (χ3v) is 3.56. The molecule has 1 rings (SSSR count). The molecule has 1 amide bonds. The van der Waals surface area contributed by atoms with E-state index in [1.165, 1.54) is 6.39 Å². The van der Waals surface area contributed by atoms with Crippen molar-refractivity contribution in [1.82, 2.24) is 10.3 Å². The molecule has 0 aliphatic heterocycles. The average molecular weight is 296 g/mol. The van der Waals surface area contributed by atoms with E-state index in [1.807, 2.05) is 27.7 Å². The number of nitrogens with zero attached hydrogens (tertiary/aromatic N) is 1. The molecule has 0 aliphatic carbocycles. The van der Waals surface area contributed by atoms with E-state index in [0.717, 1.165) is 0 Å². The summed E-state index contributed by atoms with van der Waals surface area (Å²) in [5.74, 6) is -0.488. The zero-order chi connectivity index (χ0) is 16.2. The van der Waals surface area contributed by atoms with Gasteiger partial charge in [-0.1, -0.05) is 27.7 Å². The quantitative estimate of drug-likeness (QED) is 0.816. The van der Waals surface area contributed by atoms with Crippen LogP contribution in [0.1, 0.15) is 63.7 Å². The topological polar surface area (TPSA) is 81.4 Å². The molecule has 0 spiro atoms. The first-order valence-corrected chi connectivity index (χ1v) is 7.17. The molecule has 0 aliphatic rings. The molecular formula is C15H24N2O4. The summed E-state index contributed by atoms with van der Waals surface area (Å²) in [6.45, 7) is 11.2. The summed E-state index contributed by atoms with van der Waals surface area (Å²) in [5, 5.41) is 2.74. The van der Waals surface area contributed by atoms with Crippen molar-refractivity contribution >= 4 is 11.9 Å². The highest BCUT2D eigenvalue weighted by atomic mass is 16.5. The number of rotatable bonds is 6. The van der Waals surface area contributed by atoms with E-state index in [-0.39, 0.29) is 24.1 Å². The largest absolute Gasteiger partial charge is 0.464 e. The zero-order valence-electron chi connectivity index (χ0n) is 13.5. The summed E-state index contributed by atoms with van der Waals surface area (Å²) in [6, 6.07) is 0. The van der Waals surface area contributed by atoms with Gasteiger partial charge in [-0.25, -0.2) is 9.78 Å². The van der Waals surface area contributed by atoms with E-state index in [4.69, 9.17) is 9.15 Å². The molecular weight excluding hydrogens is 272 g/mol. The molecule has 6 nitrogen and oxygen atoms in total. The van der Waals surface area contributed by atoms with Gasteiger partial charge in [-0.3, -0.25) is 4.79 Å². The van der Waals surface area contributed by atoms with E-state index in [0.29, 0.717) is 5.76 Å². The van der Waals surface area contributed by atoms with Crippen LogP contribution in [0.3, 0.4) is 0 Å². The average Bonchev–Trinajstić information content (AvgIpc) is 2.87. The minimum absolute atomic E-state index is 0.0288. The number of hydrogen-bond donors (Lipinski definition) is 1. The maximum Gasteiger partial charge on any atom is 0.331 e. The van der Waals surface area contributed by atoms with Crippen molar-refractivity contribution in [3.8, 4) is 0 Å². The second-order valence-electron chi connectivity index (χ2n) is 5.75. The second-order valence-corrected chi connectivity index (χ2v) is 5.75. The predicted octanol–water partition coefficient (Wildman–Crippen LogP) is 2.51. The SMILES string of the molecule is CCOC(=O)[C@@](C)(NC(=O)c1ncoc1C(C)C)C(C)C. The minimum atomic E-state index is -1.11. The number of carbonyl (C=O) groups is 2. The minimum Gasteiger partial charge on any atom is -0.464 e. The summed E-state index contributed by atoms with van der Waals surface area (Å²) >= 11 is 0. The number of aromatic nitrogens is 1. The predicted molar refractivity (Wildman–Crippen MR) is 77.9 cm³/mol. The Balaban J connectivity index is 3.02. The van der Waals surface area contributed by atoms with Gasteiger partial charge >= 0.3 is 5.97 Å². The third kappa shape index (κ3) is 3.62. The van der Waals surface area contributed by atoms with E-state index in [2.05, 4.69) is 10.3 Å². The lowest BCUT2D eigenvalue weighted by molar-refractivity contribution is -0.152. The molecule has 1 atom stereocenters. The number of nitrogens with one attached hydrogen (secondary N) is 1. The van der Waals surface area contributed by atoms with Gasteiger partial charge in [0, 0.05) is 5.92 Å². The van der Waals surface area contributed by atoms with Crippen LogP contribution in [-0.2, 0) is 9.53 Å². The molecule has 1 aromatic heterocycles. The van der Waals surface area contributed by atoms with Crippen molar-refractivity contribution in [2.24, 2.45) is 5.92 Å². The summed E-state index contributed by atoms with van der Waals surface area (Å²) in [7, 11) is 0. The van der Waals surface area contributed by atoms with Crippen LogP contribution in [0.2, 0.25) is 0 Å². The fraction of sp³-hybridized carbons (Fsp3) is 0.667. The summed E-state index contributed by atoms with van der Waals surface area (Å²) in [4.78, 5) is 28.5. The van der Waals surface area contributed by atoms with Crippen LogP contribution in [-0.4, -0.2) is 29.0 Å². The number of ether oxygens (including phenoxy) is 1. The lowest BCUT2D eigenvalue weighted by atomic mass is 9.88. The first-order chi connectivity index (χ1) is 9.74. The molecule has 1 heterocycles. The van der Waals surface area contributed by atoms with E-state index >= 15 is 0 Å². The first-order valence-electron chi connectivity index (χ1n) is 7.17. The highest BCUT2D eigenvalue weighted by Crippen LogP contribution is 2.22. The summed E-state index contributed by atoms with van der Waals surface area (Å²) in [5.41, 5.74) is -0.901. The monoisotopic (exact) mass is 296 g/mol. The maximum atomic E-state index is 12.4. The second kappa shape index (κ2) is 6.74. The molecule has 0 saturated heterocycles. The van der Waals surface area contributed by atoms with Gasteiger partial charge in [-0.05, 0) is 19.8 Å². The van der Waals surface area contributed by atoms with Crippen LogP contribution in [0.25, 0.3) is 0 Å². The molecule has 118 valence electrons. The highest BCUT2D eigenvalue weighted by molar-refractivity contribution is 5.97. The van der Waals surface area contributed by atoms with Gasteiger partial charge in [0.2, 0.25) is 0 Å². The molecule has 0 aromatic carbocycles. The molecule has 1 aromatic rings. The van der Waals surface area contributed by atoms with Gasteiger partial charge in [0.05, 0.1) is 6.61 Å². The van der Waals surface area contributed by atoms with Crippen molar-refractivity contribution < 1.29 is 18.7 Å². The Kier molecular flexibility index (Phi) is 5.52. The van der Waals surface area contributed by atoms with Gasteiger partial charge in [-0.15, -0.1) is 0 Å². The number of amides is 1. The fourth-order valence-electron chi connectivity index (χ4n) is 1.84. The van der Waals surface area contributed by atoms with E-state index in [1.54, 1.807) is 13.8 Å². The molecule has 0 unspecified atom stereocenters. The van der Waals surface area contributed by atoms with Crippen molar-refractivity contribution in [3.05, 3.63) is 17.8 Å². The lowest BCUT2D eigenvalue weighted by Crippen LogP contribution is -2.56. The number of oxazole rings is 1. The standard InChI is InChI=1S/C15H24N2O4/c1-7-20-14(19)15(6,10(4)5)17-13(18)11-12(9(2)3)21-8-16-11/h8-10H,7H2,1-6H3,(H,17,18)/t15-/m0/s1. The van der Waals surface area contributed by atoms with Crippen molar-refractivity contribution in [1.29, 1.82) is 0 Å². The molecule has 0 saturated carbocycles. The van der Waals surface area contributed by atoms with Crippen LogP contribution in [0.15, 0.2) is 10.8 Å². The smallest absolute Gasteiger partial charge is 0.331 e. The Bertz CT molecular complexity index is 508. The Morgan fingerprint density at radius 2 is 2.00 bits per heavy atom. The van der Waals surface area contributed by atoms with Crippen LogP contribution >= 0.6 is 0 Å². The Morgan fingerprint density at radius 1 is 1.38 bits per heavy atom. The van der Waals surface area contributed by atoms with Crippen molar-refractivity contribution in [3.63, 3.8) is 0 Å². The molecule has 1 N–H and O–H groups in total. The van der Waals surface area contributed by atoms with Crippen LogP contribution in [0, 0.1) is 5.92 Å².